The minimum absolute atomic E-state index is 0. The van der Waals surface area contributed by atoms with Crippen molar-refractivity contribution in [1.82, 2.24) is 15.5 Å². The average molecular weight is 525 g/mol. The van der Waals surface area contributed by atoms with Crippen molar-refractivity contribution in [2.75, 3.05) is 38.5 Å². The second-order valence-corrected chi connectivity index (χ2v) is 7.03. The van der Waals surface area contributed by atoms with Crippen LogP contribution < -0.4 is 16.0 Å². The third-order valence-corrected chi connectivity index (χ3v) is 5.00. The molecular formula is C22H29FIN5O. The third-order valence-electron chi connectivity index (χ3n) is 5.00. The molecule has 162 valence electrons. The Bertz CT molecular complexity index is 810. The van der Waals surface area contributed by atoms with Crippen molar-refractivity contribution in [1.29, 1.82) is 0 Å². The fourth-order valence-electron chi connectivity index (χ4n) is 3.50. The van der Waals surface area contributed by atoms with Crippen molar-refractivity contribution in [2.45, 2.75) is 18.9 Å². The quantitative estimate of drug-likeness (QED) is 0.295. The van der Waals surface area contributed by atoms with Gasteiger partial charge in [0, 0.05) is 19.3 Å². The molecule has 2 aromatic rings. The molecule has 1 unspecified atom stereocenters. The number of nitrogens with zero attached hydrogens (tertiary/aromatic N) is 2. The first-order chi connectivity index (χ1) is 14.2. The van der Waals surface area contributed by atoms with Crippen LogP contribution in [0.25, 0.3) is 0 Å². The van der Waals surface area contributed by atoms with Gasteiger partial charge in [-0.3, -0.25) is 14.7 Å². The molecule has 0 aromatic heterocycles. The molecule has 2 aromatic carbocycles. The first kappa shape index (κ1) is 24.1. The lowest BCUT2D eigenvalue weighted by Crippen LogP contribution is -2.44. The Labute approximate surface area is 194 Å². The van der Waals surface area contributed by atoms with Crippen LogP contribution in [-0.2, 0) is 4.79 Å². The molecule has 1 atom stereocenters. The Morgan fingerprint density at radius 2 is 1.73 bits per heavy atom. The van der Waals surface area contributed by atoms with Gasteiger partial charge in [0.1, 0.15) is 5.82 Å². The molecule has 8 heteroatoms. The van der Waals surface area contributed by atoms with Gasteiger partial charge in [-0.15, -0.1) is 24.0 Å². The number of hydrogen-bond acceptors (Lipinski definition) is 3. The molecule has 3 rings (SSSR count). The highest BCUT2D eigenvalue weighted by Gasteiger charge is 2.23. The Morgan fingerprint density at radius 3 is 2.37 bits per heavy atom. The van der Waals surface area contributed by atoms with Gasteiger partial charge in [-0.25, -0.2) is 4.39 Å². The van der Waals surface area contributed by atoms with Crippen LogP contribution in [-0.4, -0.2) is 50.0 Å². The second kappa shape index (κ2) is 12.5. The number of carbonyl (C=O) groups is 1. The van der Waals surface area contributed by atoms with E-state index in [-0.39, 0.29) is 48.3 Å². The molecule has 30 heavy (non-hydrogen) atoms. The number of nitrogens with one attached hydrogen (secondary N) is 3. The van der Waals surface area contributed by atoms with E-state index >= 15 is 0 Å². The highest BCUT2D eigenvalue weighted by molar-refractivity contribution is 14.0. The molecule has 0 aliphatic carbocycles. The van der Waals surface area contributed by atoms with E-state index in [1.54, 1.807) is 7.05 Å². The van der Waals surface area contributed by atoms with E-state index in [9.17, 15) is 9.18 Å². The molecule has 6 nitrogen and oxygen atoms in total. The van der Waals surface area contributed by atoms with Gasteiger partial charge in [0.25, 0.3) is 0 Å². The molecular weight excluding hydrogens is 496 g/mol. The van der Waals surface area contributed by atoms with E-state index in [4.69, 9.17) is 0 Å². The maximum atomic E-state index is 13.0. The number of amides is 1. The lowest BCUT2D eigenvalue weighted by molar-refractivity contribution is -0.115. The lowest BCUT2D eigenvalue weighted by atomic mass is 10.1. The number of aliphatic imine (C=N–C) groups is 1. The van der Waals surface area contributed by atoms with Crippen LogP contribution in [0.2, 0.25) is 0 Å². The zero-order valence-corrected chi connectivity index (χ0v) is 19.4. The molecule has 0 bridgehead atoms. The molecule has 0 spiro atoms. The number of guanidine groups is 1. The average Bonchev–Trinajstić information content (AvgIpc) is 3.27. The standard InChI is InChI=1S/C22H28FN5O.HI/c1-24-22(26-16-21(29)27-19-11-9-18(23)10-12-19)25-15-20(28-13-5-6-14-28)17-7-3-2-4-8-17;/h2-4,7-12,20H,5-6,13-16H2,1H3,(H,27,29)(H2,24,25,26);1H. The Hall–Kier alpha value is -2.20. The zero-order chi connectivity index (χ0) is 20.5. The van der Waals surface area contributed by atoms with Crippen LogP contribution in [0, 0.1) is 5.82 Å². The third kappa shape index (κ3) is 7.24. The van der Waals surface area contributed by atoms with Crippen molar-refractivity contribution in [2.24, 2.45) is 4.99 Å². The highest BCUT2D eigenvalue weighted by atomic mass is 127. The number of benzene rings is 2. The summed E-state index contributed by atoms with van der Waals surface area (Å²) in [6.07, 6.45) is 2.44. The van der Waals surface area contributed by atoms with Crippen LogP contribution in [0.1, 0.15) is 24.4 Å². The summed E-state index contributed by atoms with van der Waals surface area (Å²) in [5, 5.41) is 9.10. The molecule has 1 amide bonds. The molecule has 1 aliphatic rings. The molecule has 1 saturated heterocycles. The smallest absolute Gasteiger partial charge is 0.243 e. The minimum atomic E-state index is -0.336. The van der Waals surface area contributed by atoms with Crippen molar-refractivity contribution in [3.8, 4) is 0 Å². The highest BCUT2D eigenvalue weighted by Crippen LogP contribution is 2.24. The summed E-state index contributed by atoms with van der Waals surface area (Å²) in [5.74, 6) is 0.00907. The molecule has 3 N–H and O–H groups in total. The maximum absolute atomic E-state index is 13.0. The van der Waals surface area contributed by atoms with Crippen molar-refractivity contribution >= 4 is 41.5 Å². The topological polar surface area (TPSA) is 68.8 Å². The number of halogens is 2. The molecule has 0 saturated carbocycles. The first-order valence-electron chi connectivity index (χ1n) is 9.94. The minimum Gasteiger partial charge on any atom is -0.354 e. The summed E-state index contributed by atoms with van der Waals surface area (Å²) >= 11 is 0. The molecule has 0 radical (unpaired) electrons. The van der Waals surface area contributed by atoms with E-state index in [0.29, 0.717) is 18.2 Å². The van der Waals surface area contributed by atoms with Crippen LogP contribution in [0.5, 0.6) is 0 Å². The summed E-state index contributed by atoms with van der Waals surface area (Å²) in [6.45, 7) is 2.95. The van der Waals surface area contributed by atoms with Gasteiger partial charge in [0.05, 0.1) is 12.6 Å². The summed E-state index contributed by atoms with van der Waals surface area (Å²) < 4.78 is 13.0. The Balaban J connectivity index is 0.00000320. The van der Waals surface area contributed by atoms with Crippen molar-refractivity contribution in [3.05, 3.63) is 66.0 Å². The van der Waals surface area contributed by atoms with Gasteiger partial charge >= 0.3 is 0 Å². The van der Waals surface area contributed by atoms with E-state index in [0.717, 1.165) is 13.1 Å². The largest absolute Gasteiger partial charge is 0.354 e. The Kier molecular flexibility index (Phi) is 10.0. The van der Waals surface area contributed by atoms with Crippen LogP contribution >= 0.6 is 24.0 Å². The van der Waals surface area contributed by atoms with E-state index in [2.05, 4.69) is 50.1 Å². The first-order valence-corrected chi connectivity index (χ1v) is 9.94. The van der Waals surface area contributed by atoms with Crippen LogP contribution in [0.15, 0.2) is 59.6 Å². The van der Waals surface area contributed by atoms with Gasteiger partial charge in [0.2, 0.25) is 5.91 Å². The van der Waals surface area contributed by atoms with E-state index < -0.39 is 0 Å². The maximum Gasteiger partial charge on any atom is 0.243 e. The summed E-state index contributed by atoms with van der Waals surface area (Å²) in [4.78, 5) is 18.8. The number of anilines is 1. The normalized spacial score (nSPS) is 15.2. The van der Waals surface area contributed by atoms with Gasteiger partial charge in [-0.2, -0.15) is 0 Å². The molecule has 1 heterocycles. The predicted octanol–water partition coefficient (Wildman–Crippen LogP) is 3.38. The summed E-state index contributed by atoms with van der Waals surface area (Å²) in [7, 11) is 1.68. The van der Waals surface area contributed by atoms with Crippen molar-refractivity contribution < 1.29 is 9.18 Å². The molecule has 1 fully saturated rings. The zero-order valence-electron chi connectivity index (χ0n) is 17.1. The summed E-state index contributed by atoms with van der Waals surface area (Å²) in [5.41, 5.74) is 1.82. The van der Waals surface area contributed by atoms with Gasteiger partial charge in [0.15, 0.2) is 5.96 Å². The van der Waals surface area contributed by atoms with E-state index in [1.165, 1.54) is 42.7 Å². The monoisotopic (exact) mass is 525 g/mol. The number of hydrogen-bond donors (Lipinski definition) is 3. The fraction of sp³-hybridized carbons (Fsp3) is 0.364. The predicted molar refractivity (Wildman–Crippen MR) is 130 cm³/mol. The fourth-order valence-corrected chi connectivity index (χ4v) is 3.50. The Morgan fingerprint density at radius 1 is 1.07 bits per heavy atom. The number of likely N-dealkylation sites (tertiary alicyclic amines) is 1. The number of rotatable bonds is 7. The summed E-state index contributed by atoms with van der Waals surface area (Å²) in [6, 6.07) is 16.4. The van der Waals surface area contributed by atoms with Gasteiger partial charge in [-0.1, -0.05) is 30.3 Å². The lowest BCUT2D eigenvalue weighted by Gasteiger charge is -2.28. The van der Waals surface area contributed by atoms with Gasteiger partial charge < -0.3 is 16.0 Å². The van der Waals surface area contributed by atoms with Crippen molar-refractivity contribution in [3.63, 3.8) is 0 Å². The van der Waals surface area contributed by atoms with Crippen LogP contribution in [0.3, 0.4) is 0 Å². The second-order valence-electron chi connectivity index (χ2n) is 7.03. The number of carbonyl (C=O) groups excluding carboxylic acids is 1. The SMILES string of the molecule is CN=C(NCC(=O)Nc1ccc(F)cc1)NCC(c1ccccc1)N1CCCC1.I. The van der Waals surface area contributed by atoms with E-state index in [1.807, 2.05) is 6.07 Å². The van der Waals surface area contributed by atoms with Crippen LogP contribution in [0.4, 0.5) is 10.1 Å². The van der Waals surface area contributed by atoms with Gasteiger partial charge in [-0.05, 0) is 55.8 Å². The molecule has 1 aliphatic heterocycles.